The van der Waals surface area contributed by atoms with Crippen LogP contribution in [0.1, 0.15) is 11.3 Å². The summed E-state index contributed by atoms with van der Waals surface area (Å²) in [5, 5.41) is 1.17. The molecular weight excluding hydrogens is 184 g/mol. The maximum absolute atomic E-state index is 6.82. The molecule has 0 saturated heterocycles. The first-order chi connectivity index (χ1) is 7.31. The van der Waals surface area contributed by atoms with Gasteiger partial charge in [-0.25, -0.2) is 6.57 Å². The van der Waals surface area contributed by atoms with Gasteiger partial charge in [0.25, 0.3) is 0 Å². The second-order valence-corrected chi connectivity index (χ2v) is 3.57. The first-order valence-corrected chi connectivity index (χ1v) is 5.00. The highest BCUT2D eigenvalue weighted by atomic mass is 14.7. The van der Waals surface area contributed by atoms with Gasteiger partial charge < -0.3 is 4.85 Å². The predicted molar refractivity (Wildman–Crippen MR) is 61.7 cm³/mol. The van der Waals surface area contributed by atoms with Gasteiger partial charge in [0.05, 0.1) is 5.52 Å². The van der Waals surface area contributed by atoms with E-state index in [9.17, 15) is 0 Å². The highest BCUT2D eigenvalue weighted by Crippen LogP contribution is 2.18. The molecule has 15 heavy (non-hydrogen) atoms. The normalized spacial score (nSPS) is 10.1. The lowest BCUT2D eigenvalue weighted by Gasteiger charge is -2.04. The van der Waals surface area contributed by atoms with E-state index in [2.05, 4.69) is 22.0 Å². The summed E-state index contributed by atoms with van der Waals surface area (Å²) in [6.45, 7) is 9.37. The van der Waals surface area contributed by atoms with Crippen LogP contribution in [0.25, 0.3) is 15.7 Å². The highest BCUT2D eigenvalue weighted by Gasteiger charge is 2.03. The largest absolute Gasteiger partial charge is 0.317 e. The van der Waals surface area contributed by atoms with Crippen molar-refractivity contribution >= 4 is 10.9 Å². The topological polar surface area (TPSA) is 17.2 Å². The van der Waals surface area contributed by atoms with Crippen molar-refractivity contribution in [2.75, 3.05) is 6.54 Å². The molecule has 0 aliphatic rings. The quantitative estimate of drug-likeness (QED) is 0.675. The van der Waals surface area contributed by atoms with Crippen molar-refractivity contribution in [2.24, 2.45) is 0 Å². The molecule has 0 N–H and O–H groups in total. The van der Waals surface area contributed by atoms with Crippen LogP contribution in [-0.2, 0) is 6.42 Å². The Balaban J connectivity index is 2.56. The summed E-state index contributed by atoms with van der Waals surface area (Å²) >= 11 is 0. The molecule has 1 heterocycles. The Bertz CT molecular complexity index is 524. The van der Waals surface area contributed by atoms with Gasteiger partial charge in [-0.05, 0) is 24.6 Å². The lowest BCUT2D eigenvalue weighted by atomic mass is 10.1. The van der Waals surface area contributed by atoms with E-state index in [4.69, 9.17) is 6.57 Å². The number of rotatable bonds is 2. The van der Waals surface area contributed by atoms with Gasteiger partial charge in [-0.15, -0.1) is 0 Å². The summed E-state index contributed by atoms with van der Waals surface area (Å²) in [6, 6.07) is 10.2. The smallest absolute Gasteiger partial charge is 0.218 e. The molecule has 0 saturated carbocycles. The molecule has 0 atom stereocenters. The average molecular weight is 196 g/mol. The number of pyridine rings is 1. The third-order valence-corrected chi connectivity index (χ3v) is 2.42. The minimum absolute atomic E-state index is 0.549. The number of para-hydroxylation sites is 1. The van der Waals surface area contributed by atoms with E-state index in [1.807, 2.05) is 25.1 Å². The van der Waals surface area contributed by atoms with Gasteiger partial charge in [-0.3, -0.25) is 4.98 Å². The lowest BCUT2D eigenvalue weighted by Crippen LogP contribution is -1.93. The molecule has 0 aliphatic heterocycles. The van der Waals surface area contributed by atoms with Crippen molar-refractivity contribution in [1.82, 2.24) is 4.98 Å². The van der Waals surface area contributed by atoms with Gasteiger partial charge in [-0.1, -0.05) is 18.2 Å². The summed E-state index contributed by atoms with van der Waals surface area (Å²) in [5.74, 6) is 0. The van der Waals surface area contributed by atoms with E-state index in [0.717, 1.165) is 17.6 Å². The molecule has 2 aromatic rings. The third-order valence-electron chi connectivity index (χ3n) is 2.42. The minimum Gasteiger partial charge on any atom is -0.317 e. The van der Waals surface area contributed by atoms with Crippen molar-refractivity contribution in [3.8, 4) is 0 Å². The van der Waals surface area contributed by atoms with Crippen LogP contribution in [-0.4, -0.2) is 11.5 Å². The fourth-order valence-corrected chi connectivity index (χ4v) is 1.78. The first kappa shape index (κ1) is 9.67. The number of hydrogen-bond acceptors (Lipinski definition) is 1. The number of aryl methyl sites for hydroxylation is 1. The Morgan fingerprint density at radius 3 is 2.93 bits per heavy atom. The summed E-state index contributed by atoms with van der Waals surface area (Å²) in [6.07, 6.45) is 0.813. The Hall–Kier alpha value is -1.88. The standard InChI is InChI=1S/C13H12N2/c1-10-9-11(7-8-14-2)12-5-3-4-6-13(12)15-10/h3-6,9H,7-8H2,1H3. The molecule has 2 heteroatoms. The van der Waals surface area contributed by atoms with Crippen molar-refractivity contribution in [3.05, 3.63) is 53.0 Å². The van der Waals surface area contributed by atoms with E-state index in [1.165, 1.54) is 10.9 Å². The van der Waals surface area contributed by atoms with Crippen LogP contribution in [0.3, 0.4) is 0 Å². The number of aromatic nitrogens is 1. The zero-order chi connectivity index (χ0) is 10.7. The Labute approximate surface area is 89.4 Å². The zero-order valence-corrected chi connectivity index (χ0v) is 8.70. The molecule has 1 aromatic heterocycles. The van der Waals surface area contributed by atoms with Crippen LogP contribution in [0.5, 0.6) is 0 Å². The number of hydrogen-bond donors (Lipinski definition) is 0. The Morgan fingerprint density at radius 1 is 1.33 bits per heavy atom. The monoisotopic (exact) mass is 196 g/mol. The minimum atomic E-state index is 0.549. The number of nitrogens with zero attached hydrogens (tertiary/aromatic N) is 2. The van der Waals surface area contributed by atoms with E-state index >= 15 is 0 Å². The van der Waals surface area contributed by atoms with Crippen molar-refractivity contribution in [2.45, 2.75) is 13.3 Å². The second-order valence-electron chi connectivity index (χ2n) is 3.57. The molecule has 74 valence electrons. The lowest BCUT2D eigenvalue weighted by molar-refractivity contribution is 1.07. The van der Waals surface area contributed by atoms with Crippen LogP contribution < -0.4 is 0 Å². The first-order valence-electron chi connectivity index (χ1n) is 5.00. The summed E-state index contributed by atoms with van der Waals surface area (Å²) in [7, 11) is 0. The van der Waals surface area contributed by atoms with Crippen LogP contribution in [0.2, 0.25) is 0 Å². The van der Waals surface area contributed by atoms with Crippen LogP contribution in [0, 0.1) is 13.5 Å². The maximum Gasteiger partial charge on any atom is 0.218 e. The summed E-state index contributed by atoms with van der Waals surface area (Å²) < 4.78 is 0. The predicted octanol–water partition coefficient (Wildman–Crippen LogP) is 3.01. The molecule has 1 aromatic carbocycles. The summed E-state index contributed by atoms with van der Waals surface area (Å²) in [5.41, 5.74) is 3.28. The van der Waals surface area contributed by atoms with Crippen molar-refractivity contribution in [1.29, 1.82) is 0 Å². The van der Waals surface area contributed by atoms with Crippen molar-refractivity contribution in [3.63, 3.8) is 0 Å². The average Bonchev–Trinajstić information content (AvgIpc) is 2.25. The van der Waals surface area contributed by atoms with E-state index in [0.29, 0.717) is 6.54 Å². The Morgan fingerprint density at radius 2 is 2.13 bits per heavy atom. The second kappa shape index (κ2) is 4.10. The molecule has 2 rings (SSSR count). The van der Waals surface area contributed by atoms with Gasteiger partial charge in [0.15, 0.2) is 0 Å². The molecule has 0 spiro atoms. The molecule has 0 bridgehead atoms. The van der Waals surface area contributed by atoms with E-state index < -0.39 is 0 Å². The maximum atomic E-state index is 6.82. The SMILES string of the molecule is [C-]#[N+]CCc1cc(C)nc2ccccc12. The van der Waals surface area contributed by atoms with E-state index in [-0.39, 0.29) is 0 Å². The molecule has 0 fully saturated rings. The van der Waals surface area contributed by atoms with Gasteiger partial charge in [-0.2, -0.15) is 0 Å². The van der Waals surface area contributed by atoms with Gasteiger partial charge in [0.1, 0.15) is 0 Å². The number of benzene rings is 1. The fourth-order valence-electron chi connectivity index (χ4n) is 1.78. The van der Waals surface area contributed by atoms with Crippen molar-refractivity contribution < 1.29 is 0 Å². The molecular formula is C13H12N2. The highest BCUT2D eigenvalue weighted by molar-refractivity contribution is 5.82. The zero-order valence-electron chi connectivity index (χ0n) is 8.70. The Kier molecular flexibility index (Phi) is 2.64. The summed E-state index contributed by atoms with van der Waals surface area (Å²) in [4.78, 5) is 7.86. The van der Waals surface area contributed by atoms with E-state index in [1.54, 1.807) is 0 Å². The molecule has 2 nitrogen and oxygen atoms in total. The third kappa shape index (κ3) is 1.97. The van der Waals surface area contributed by atoms with Gasteiger partial charge in [0.2, 0.25) is 6.54 Å². The van der Waals surface area contributed by atoms with Gasteiger partial charge >= 0.3 is 0 Å². The van der Waals surface area contributed by atoms with Gasteiger partial charge in [0, 0.05) is 17.5 Å². The fraction of sp³-hybridized carbons (Fsp3) is 0.231. The molecule has 0 radical (unpaired) electrons. The number of fused-ring (bicyclic) bond motifs is 1. The van der Waals surface area contributed by atoms with Crippen LogP contribution in [0.4, 0.5) is 0 Å². The molecule has 0 aliphatic carbocycles. The van der Waals surface area contributed by atoms with Crippen LogP contribution >= 0.6 is 0 Å². The van der Waals surface area contributed by atoms with Crippen LogP contribution in [0.15, 0.2) is 30.3 Å². The molecule has 0 amide bonds. The molecule has 0 unspecified atom stereocenters.